The number of anilines is 2. The minimum Gasteiger partial charge on any atom is -0.494 e. The SMILES string of the molecule is CCCCOc1ccc(NC(=O)CSc2nc(N)c(C#N)cc2C#N)cc1. The molecular weight excluding hydrogens is 362 g/mol. The number of amides is 1. The van der Waals surface area contributed by atoms with Crippen LogP contribution in [0.15, 0.2) is 35.4 Å². The van der Waals surface area contributed by atoms with Gasteiger partial charge in [-0.25, -0.2) is 4.98 Å². The third-order valence-electron chi connectivity index (χ3n) is 3.50. The van der Waals surface area contributed by atoms with Gasteiger partial charge in [-0.15, -0.1) is 0 Å². The van der Waals surface area contributed by atoms with Crippen LogP contribution in [0.25, 0.3) is 0 Å². The molecule has 1 aromatic carbocycles. The monoisotopic (exact) mass is 381 g/mol. The molecular formula is C19H19N5O2S. The Hall–Kier alpha value is -3.23. The lowest BCUT2D eigenvalue weighted by atomic mass is 10.2. The number of hydrogen-bond donors (Lipinski definition) is 2. The van der Waals surface area contributed by atoms with Crippen LogP contribution in [-0.2, 0) is 4.79 Å². The summed E-state index contributed by atoms with van der Waals surface area (Å²) in [4.78, 5) is 16.2. The molecule has 1 heterocycles. The number of nitrogens with zero attached hydrogens (tertiary/aromatic N) is 3. The predicted octanol–water partition coefficient (Wildman–Crippen LogP) is 3.32. The Morgan fingerprint density at radius 1 is 1.26 bits per heavy atom. The van der Waals surface area contributed by atoms with Crippen LogP contribution in [0.1, 0.15) is 30.9 Å². The largest absolute Gasteiger partial charge is 0.494 e. The van der Waals surface area contributed by atoms with Crippen molar-refractivity contribution in [3.05, 3.63) is 41.5 Å². The molecule has 0 aliphatic rings. The second-order valence-corrected chi connectivity index (χ2v) is 6.52. The summed E-state index contributed by atoms with van der Waals surface area (Å²) in [6.45, 7) is 2.77. The molecule has 0 unspecified atom stereocenters. The van der Waals surface area contributed by atoms with E-state index in [9.17, 15) is 4.79 Å². The number of carbonyl (C=O) groups is 1. The van der Waals surface area contributed by atoms with Gasteiger partial charge in [-0.2, -0.15) is 10.5 Å². The van der Waals surface area contributed by atoms with Gasteiger partial charge in [-0.1, -0.05) is 25.1 Å². The molecule has 1 aromatic heterocycles. The van der Waals surface area contributed by atoms with E-state index in [4.69, 9.17) is 21.0 Å². The number of nitrogens with one attached hydrogen (secondary N) is 1. The van der Waals surface area contributed by atoms with Gasteiger partial charge in [-0.05, 0) is 36.8 Å². The number of benzene rings is 1. The van der Waals surface area contributed by atoms with E-state index in [2.05, 4.69) is 17.2 Å². The molecule has 0 aliphatic carbocycles. The summed E-state index contributed by atoms with van der Waals surface area (Å²) in [5.41, 5.74) is 6.68. The Balaban J connectivity index is 1.92. The van der Waals surface area contributed by atoms with Crippen LogP contribution in [0.3, 0.4) is 0 Å². The van der Waals surface area contributed by atoms with Gasteiger partial charge in [0.25, 0.3) is 0 Å². The highest BCUT2D eigenvalue weighted by Gasteiger charge is 2.12. The van der Waals surface area contributed by atoms with Gasteiger partial charge >= 0.3 is 0 Å². The maximum Gasteiger partial charge on any atom is 0.234 e. The number of unbranched alkanes of at least 4 members (excludes halogenated alkanes) is 1. The third-order valence-corrected chi connectivity index (χ3v) is 4.49. The molecule has 8 heteroatoms. The molecule has 0 aliphatic heterocycles. The normalized spacial score (nSPS) is 9.89. The smallest absolute Gasteiger partial charge is 0.234 e. The fourth-order valence-corrected chi connectivity index (χ4v) is 2.85. The highest BCUT2D eigenvalue weighted by atomic mass is 32.2. The fraction of sp³-hybridized carbons (Fsp3) is 0.263. The Bertz CT molecular complexity index is 885. The molecule has 0 atom stereocenters. The highest BCUT2D eigenvalue weighted by molar-refractivity contribution is 8.00. The van der Waals surface area contributed by atoms with Gasteiger partial charge in [-0.3, -0.25) is 4.79 Å². The van der Waals surface area contributed by atoms with Crippen LogP contribution in [-0.4, -0.2) is 23.3 Å². The molecule has 3 N–H and O–H groups in total. The van der Waals surface area contributed by atoms with Crippen LogP contribution in [0.5, 0.6) is 5.75 Å². The van der Waals surface area contributed by atoms with Crippen molar-refractivity contribution in [2.24, 2.45) is 0 Å². The average molecular weight is 381 g/mol. The number of hydrogen-bond acceptors (Lipinski definition) is 7. The number of nitrogens with two attached hydrogens (primary N) is 1. The Labute approximate surface area is 162 Å². The van der Waals surface area contributed by atoms with Crippen molar-refractivity contribution in [2.75, 3.05) is 23.4 Å². The summed E-state index contributed by atoms with van der Waals surface area (Å²) in [5.74, 6) is 0.611. The van der Waals surface area contributed by atoms with Crippen molar-refractivity contribution >= 4 is 29.2 Å². The zero-order chi connectivity index (χ0) is 19.6. The van der Waals surface area contributed by atoms with E-state index in [0.29, 0.717) is 17.3 Å². The molecule has 0 fully saturated rings. The van der Waals surface area contributed by atoms with Gasteiger partial charge < -0.3 is 15.8 Å². The fourth-order valence-electron chi connectivity index (χ4n) is 2.09. The number of nitriles is 2. The van der Waals surface area contributed by atoms with Crippen LogP contribution in [0, 0.1) is 22.7 Å². The number of aromatic nitrogens is 1. The highest BCUT2D eigenvalue weighted by Crippen LogP contribution is 2.24. The first kappa shape index (κ1) is 20.1. The topological polar surface area (TPSA) is 125 Å². The Morgan fingerprint density at radius 3 is 2.59 bits per heavy atom. The van der Waals surface area contributed by atoms with E-state index in [1.54, 1.807) is 24.3 Å². The van der Waals surface area contributed by atoms with Crippen molar-refractivity contribution in [3.8, 4) is 17.9 Å². The molecule has 7 nitrogen and oxygen atoms in total. The summed E-state index contributed by atoms with van der Waals surface area (Å²) in [6, 6.07) is 12.3. The van der Waals surface area contributed by atoms with Gasteiger partial charge in [0.05, 0.1) is 23.5 Å². The van der Waals surface area contributed by atoms with Gasteiger partial charge in [0.1, 0.15) is 28.7 Å². The molecule has 1 amide bonds. The van der Waals surface area contributed by atoms with E-state index < -0.39 is 0 Å². The quantitative estimate of drug-likeness (QED) is 0.531. The lowest BCUT2D eigenvalue weighted by Crippen LogP contribution is -2.14. The Morgan fingerprint density at radius 2 is 1.96 bits per heavy atom. The van der Waals surface area contributed by atoms with Crippen molar-refractivity contribution < 1.29 is 9.53 Å². The van der Waals surface area contributed by atoms with E-state index in [-0.39, 0.29) is 28.6 Å². The third kappa shape index (κ3) is 5.91. The summed E-state index contributed by atoms with van der Waals surface area (Å²) >= 11 is 1.09. The first-order chi connectivity index (χ1) is 13.1. The van der Waals surface area contributed by atoms with Crippen molar-refractivity contribution in [3.63, 3.8) is 0 Å². The van der Waals surface area contributed by atoms with E-state index >= 15 is 0 Å². The van der Waals surface area contributed by atoms with Crippen molar-refractivity contribution in [1.29, 1.82) is 10.5 Å². The number of thioether (sulfide) groups is 1. The van der Waals surface area contributed by atoms with Crippen LogP contribution < -0.4 is 15.8 Å². The lowest BCUT2D eigenvalue weighted by molar-refractivity contribution is -0.113. The first-order valence-corrected chi connectivity index (χ1v) is 9.32. The van der Waals surface area contributed by atoms with Crippen molar-refractivity contribution in [1.82, 2.24) is 4.98 Å². The molecule has 138 valence electrons. The maximum absolute atomic E-state index is 12.1. The van der Waals surface area contributed by atoms with Crippen LogP contribution in [0.4, 0.5) is 11.5 Å². The lowest BCUT2D eigenvalue weighted by Gasteiger charge is -2.08. The number of nitrogen functional groups attached to an aromatic ring is 1. The summed E-state index contributed by atoms with van der Waals surface area (Å²) < 4.78 is 5.58. The van der Waals surface area contributed by atoms with Crippen LogP contribution >= 0.6 is 11.8 Å². The minimum absolute atomic E-state index is 0.0399. The second kappa shape index (κ2) is 10.0. The first-order valence-electron chi connectivity index (χ1n) is 8.33. The molecule has 0 spiro atoms. The molecule has 27 heavy (non-hydrogen) atoms. The number of carbonyl (C=O) groups excluding carboxylic acids is 1. The zero-order valence-corrected chi connectivity index (χ0v) is 15.7. The maximum atomic E-state index is 12.1. The predicted molar refractivity (Wildman–Crippen MR) is 104 cm³/mol. The second-order valence-electron chi connectivity index (χ2n) is 5.56. The molecule has 0 saturated heterocycles. The molecule has 0 bridgehead atoms. The van der Waals surface area contributed by atoms with E-state index in [1.165, 1.54) is 6.07 Å². The average Bonchev–Trinajstić information content (AvgIpc) is 2.68. The van der Waals surface area contributed by atoms with Crippen LogP contribution in [0.2, 0.25) is 0 Å². The number of ether oxygens (including phenoxy) is 1. The van der Waals surface area contributed by atoms with Gasteiger partial charge in [0.2, 0.25) is 5.91 Å². The summed E-state index contributed by atoms with van der Waals surface area (Å²) in [7, 11) is 0. The molecule has 0 radical (unpaired) electrons. The molecule has 2 rings (SSSR count). The molecule has 0 saturated carbocycles. The standard InChI is InChI=1S/C19H19N5O2S/c1-2-3-8-26-16-6-4-15(5-7-16)23-17(25)12-27-19-14(11-21)9-13(10-20)18(22)24-19/h4-7,9H,2-3,8,12H2,1H3,(H2,22,24)(H,23,25). The number of rotatable bonds is 8. The van der Waals surface area contributed by atoms with E-state index in [0.717, 1.165) is 30.4 Å². The summed E-state index contributed by atoms with van der Waals surface area (Å²) in [6.07, 6.45) is 2.06. The zero-order valence-electron chi connectivity index (χ0n) is 14.9. The Kier molecular flexibility index (Phi) is 7.48. The minimum atomic E-state index is -0.242. The van der Waals surface area contributed by atoms with Crippen molar-refractivity contribution in [2.45, 2.75) is 24.8 Å². The number of pyridine rings is 1. The van der Waals surface area contributed by atoms with E-state index in [1.807, 2.05) is 12.1 Å². The van der Waals surface area contributed by atoms with Gasteiger partial charge in [0.15, 0.2) is 0 Å². The molecule has 2 aromatic rings. The summed E-state index contributed by atoms with van der Waals surface area (Å²) in [5, 5.41) is 21.2. The van der Waals surface area contributed by atoms with Gasteiger partial charge in [0, 0.05) is 5.69 Å².